The summed E-state index contributed by atoms with van der Waals surface area (Å²) < 4.78 is 0. The summed E-state index contributed by atoms with van der Waals surface area (Å²) in [5.74, 6) is 1.46. The van der Waals surface area contributed by atoms with Crippen molar-refractivity contribution in [3.05, 3.63) is 88.2 Å². The summed E-state index contributed by atoms with van der Waals surface area (Å²) in [4.78, 5) is 16.3. The molecule has 32 heavy (non-hydrogen) atoms. The van der Waals surface area contributed by atoms with E-state index in [1.165, 1.54) is 44.8 Å². The molecule has 0 atom stereocenters. The van der Waals surface area contributed by atoms with Gasteiger partial charge in [0.25, 0.3) is 0 Å². The van der Waals surface area contributed by atoms with E-state index in [9.17, 15) is 0 Å². The van der Waals surface area contributed by atoms with Crippen LogP contribution in [0.15, 0.2) is 54.9 Å². The van der Waals surface area contributed by atoms with E-state index in [1.54, 1.807) is 6.33 Å². The Kier molecular flexibility index (Phi) is 5.79. The van der Waals surface area contributed by atoms with Gasteiger partial charge in [-0.2, -0.15) is 0 Å². The van der Waals surface area contributed by atoms with Gasteiger partial charge in [-0.25, -0.2) is 15.0 Å². The molecule has 0 saturated carbocycles. The zero-order valence-corrected chi connectivity index (χ0v) is 20.0. The first-order chi connectivity index (χ1) is 15.3. The highest BCUT2D eigenvalue weighted by molar-refractivity contribution is 5.80. The molecule has 0 fully saturated rings. The predicted octanol–water partition coefficient (Wildman–Crippen LogP) is 6.82. The van der Waals surface area contributed by atoms with Crippen LogP contribution in [0, 0.1) is 41.5 Å². The lowest BCUT2D eigenvalue weighted by molar-refractivity contribution is 1.04. The molecule has 0 bridgehead atoms. The smallest absolute Gasteiger partial charge is 0.163 e. The van der Waals surface area contributed by atoms with Crippen LogP contribution in [0.1, 0.15) is 33.4 Å². The van der Waals surface area contributed by atoms with Crippen molar-refractivity contribution in [2.45, 2.75) is 41.5 Å². The highest BCUT2D eigenvalue weighted by Gasteiger charge is 2.21. The predicted molar refractivity (Wildman–Crippen MR) is 134 cm³/mol. The maximum atomic E-state index is 4.94. The number of benzene rings is 3. The van der Waals surface area contributed by atoms with Crippen molar-refractivity contribution >= 4 is 11.4 Å². The van der Waals surface area contributed by atoms with E-state index in [0.717, 1.165) is 22.8 Å². The number of hydrogen-bond donors (Lipinski definition) is 0. The Labute approximate surface area is 191 Å². The van der Waals surface area contributed by atoms with E-state index in [0.29, 0.717) is 0 Å². The van der Waals surface area contributed by atoms with E-state index >= 15 is 0 Å². The molecule has 4 nitrogen and oxygen atoms in total. The third kappa shape index (κ3) is 3.66. The van der Waals surface area contributed by atoms with Gasteiger partial charge >= 0.3 is 0 Å². The van der Waals surface area contributed by atoms with Crippen molar-refractivity contribution in [2.24, 2.45) is 0 Å². The molecule has 3 aromatic carbocycles. The Morgan fingerprint density at radius 1 is 0.594 bits per heavy atom. The van der Waals surface area contributed by atoms with E-state index < -0.39 is 0 Å². The van der Waals surface area contributed by atoms with Crippen molar-refractivity contribution in [2.75, 3.05) is 11.9 Å². The quantitative estimate of drug-likeness (QED) is 0.362. The molecule has 4 heteroatoms. The molecule has 0 amide bonds. The molecule has 0 spiro atoms. The summed E-state index contributed by atoms with van der Waals surface area (Å²) >= 11 is 0. The molecular weight excluding hydrogens is 392 g/mol. The summed E-state index contributed by atoms with van der Waals surface area (Å²) in [6.45, 7) is 12.9. The average Bonchev–Trinajstić information content (AvgIpc) is 2.79. The van der Waals surface area contributed by atoms with Crippen LogP contribution in [0.25, 0.3) is 22.8 Å². The molecule has 0 aliphatic rings. The third-order valence-electron chi connectivity index (χ3n) is 6.56. The van der Waals surface area contributed by atoms with Gasteiger partial charge in [0.2, 0.25) is 0 Å². The highest BCUT2D eigenvalue weighted by Crippen LogP contribution is 2.39. The number of nitrogens with zero attached hydrogens (tertiary/aromatic N) is 4. The third-order valence-corrected chi connectivity index (χ3v) is 6.56. The fourth-order valence-corrected chi connectivity index (χ4v) is 4.62. The number of anilines is 2. The summed E-state index contributed by atoms with van der Waals surface area (Å²) in [6.07, 6.45) is 1.64. The Bertz CT molecular complexity index is 1240. The fourth-order valence-electron chi connectivity index (χ4n) is 4.62. The van der Waals surface area contributed by atoms with Gasteiger partial charge in [-0.15, -0.1) is 0 Å². The lowest BCUT2D eigenvalue weighted by Crippen LogP contribution is -2.15. The summed E-state index contributed by atoms with van der Waals surface area (Å²) in [6, 6.07) is 16.7. The van der Waals surface area contributed by atoms with Crippen molar-refractivity contribution < 1.29 is 0 Å². The number of aromatic nitrogens is 3. The van der Waals surface area contributed by atoms with Crippen molar-refractivity contribution in [1.82, 2.24) is 15.0 Å². The zero-order chi connectivity index (χ0) is 23.0. The molecule has 0 saturated heterocycles. The maximum Gasteiger partial charge on any atom is 0.163 e. The minimum absolute atomic E-state index is 0.727. The fraction of sp³-hybridized carbons (Fsp3) is 0.250. The van der Waals surface area contributed by atoms with E-state index in [1.807, 2.05) is 6.07 Å². The first-order valence-corrected chi connectivity index (χ1v) is 11.0. The molecular formula is C28H30N4. The number of rotatable bonds is 4. The summed E-state index contributed by atoms with van der Waals surface area (Å²) in [5, 5.41) is 0. The largest absolute Gasteiger partial charge is 0.344 e. The van der Waals surface area contributed by atoms with Crippen molar-refractivity contribution in [3.8, 4) is 22.8 Å². The molecule has 162 valence electrons. The van der Waals surface area contributed by atoms with Gasteiger partial charge in [0.05, 0.1) is 0 Å². The number of aryl methyl sites for hydroxylation is 2. The Balaban J connectivity index is 1.88. The van der Waals surface area contributed by atoms with Gasteiger partial charge in [0.15, 0.2) is 11.6 Å². The minimum atomic E-state index is 0.727. The van der Waals surface area contributed by atoms with Crippen LogP contribution < -0.4 is 4.90 Å². The van der Waals surface area contributed by atoms with Gasteiger partial charge in [-0.3, -0.25) is 0 Å². The maximum absolute atomic E-state index is 4.94. The van der Waals surface area contributed by atoms with E-state index in [2.05, 4.69) is 106 Å². The molecule has 0 radical (unpaired) electrons. The second kappa shape index (κ2) is 8.54. The molecule has 1 heterocycles. The van der Waals surface area contributed by atoms with E-state index in [4.69, 9.17) is 4.98 Å². The molecule has 0 aliphatic heterocycles. The molecule has 0 unspecified atom stereocenters. The van der Waals surface area contributed by atoms with Crippen LogP contribution in [0.4, 0.5) is 11.4 Å². The van der Waals surface area contributed by atoms with Gasteiger partial charge in [-0.1, -0.05) is 36.4 Å². The molecule has 4 aromatic rings. The molecule has 0 aliphatic carbocycles. The lowest BCUT2D eigenvalue weighted by atomic mass is 9.90. The normalized spacial score (nSPS) is 11.0. The number of para-hydroxylation sites is 1. The SMILES string of the molecule is Cc1cccc(C)c1-c1ncnc(-c2c(C)c(C)c(N(C)c3ccccc3)c(C)c2C)n1. The highest BCUT2D eigenvalue weighted by atomic mass is 15.1. The van der Waals surface area contributed by atoms with Gasteiger partial charge in [0, 0.05) is 29.5 Å². The zero-order valence-electron chi connectivity index (χ0n) is 20.0. The van der Waals surface area contributed by atoms with Crippen LogP contribution in [0.2, 0.25) is 0 Å². The Morgan fingerprint density at radius 2 is 1.12 bits per heavy atom. The van der Waals surface area contributed by atoms with Crippen molar-refractivity contribution in [1.29, 1.82) is 0 Å². The summed E-state index contributed by atoms with van der Waals surface area (Å²) in [7, 11) is 2.13. The molecule has 0 N–H and O–H groups in total. The minimum Gasteiger partial charge on any atom is -0.344 e. The van der Waals surface area contributed by atoms with Crippen LogP contribution in [-0.4, -0.2) is 22.0 Å². The van der Waals surface area contributed by atoms with Gasteiger partial charge in [0.1, 0.15) is 6.33 Å². The molecule has 4 rings (SSSR count). The van der Waals surface area contributed by atoms with Crippen molar-refractivity contribution in [3.63, 3.8) is 0 Å². The lowest BCUT2D eigenvalue weighted by Gasteiger charge is -2.28. The van der Waals surface area contributed by atoms with Crippen LogP contribution >= 0.6 is 0 Å². The number of hydrogen-bond acceptors (Lipinski definition) is 4. The Morgan fingerprint density at radius 3 is 1.69 bits per heavy atom. The van der Waals surface area contributed by atoms with E-state index in [-0.39, 0.29) is 0 Å². The standard InChI is InChI=1S/C28H30N4/c1-17-12-11-13-18(2)24(17)27-29-16-30-28(31-27)25-19(3)21(5)26(22(6)20(25)4)32(7)23-14-9-8-10-15-23/h8-16H,1-7H3. The van der Waals surface area contributed by atoms with Gasteiger partial charge in [-0.05, 0) is 87.1 Å². The topological polar surface area (TPSA) is 41.9 Å². The first-order valence-electron chi connectivity index (χ1n) is 11.0. The molecule has 1 aromatic heterocycles. The monoisotopic (exact) mass is 422 g/mol. The Hall–Kier alpha value is -3.53. The van der Waals surface area contributed by atoms with Crippen LogP contribution in [0.5, 0.6) is 0 Å². The van der Waals surface area contributed by atoms with Crippen LogP contribution in [0.3, 0.4) is 0 Å². The second-order valence-electron chi connectivity index (χ2n) is 8.52. The first kappa shape index (κ1) is 21.7. The van der Waals surface area contributed by atoms with Gasteiger partial charge < -0.3 is 4.90 Å². The van der Waals surface area contributed by atoms with Crippen LogP contribution in [-0.2, 0) is 0 Å². The average molecular weight is 423 g/mol. The summed E-state index contributed by atoms with van der Waals surface area (Å²) in [5.41, 5.74) is 11.8. The second-order valence-corrected chi connectivity index (χ2v) is 8.52.